The van der Waals surface area contributed by atoms with E-state index in [2.05, 4.69) is 30.4 Å². The van der Waals surface area contributed by atoms with Gasteiger partial charge in [0.05, 0.1) is 24.1 Å². The average molecular weight is 427 g/mol. The number of nitrogens with one attached hydrogen (secondary N) is 1. The number of rotatable bonds is 6. The third-order valence-corrected chi connectivity index (χ3v) is 8.06. The van der Waals surface area contributed by atoms with Gasteiger partial charge in [0.1, 0.15) is 0 Å². The molecule has 1 aliphatic carbocycles. The topological polar surface area (TPSA) is 66.5 Å². The standard InChI is InChI=1S/C24H30N2O3S/c1-18(20-12-11-19-7-5-6-8-21(19)15-20)25-16-24(27)26(22-9-3-2-4-10-22)23-13-14-30(28,29)17-23/h2-4,9-12,15,18,23,25H,5-8,13-14,16-17H2,1H3/t18-,23-/m0/s1. The Morgan fingerprint density at radius 2 is 1.83 bits per heavy atom. The minimum atomic E-state index is -3.08. The van der Waals surface area contributed by atoms with Gasteiger partial charge in [-0.05, 0) is 67.9 Å². The number of sulfone groups is 1. The van der Waals surface area contributed by atoms with E-state index in [0.717, 1.165) is 18.5 Å². The van der Waals surface area contributed by atoms with Gasteiger partial charge in [-0.1, -0.05) is 36.4 Å². The fourth-order valence-corrected chi connectivity index (χ4v) is 6.29. The molecule has 2 aliphatic rings. The van der Waals surface area contributed by atoms with Crippen molar-refractivity contribution in [3.63, 3.8) is 0 Å². The molecular formula is C24H30N2O3S. The Kier molecular flexibility index (Phi) is 6.25. The summed E-state index contributed by atoms with van der Waals surface area (Å²) < 4.78 is 24.0. The first-order valence-corrected chi connectivity index (χ1v) is 12.7. The molecule has 1 N–H and O–H groups in total. The highest BCUT2D eigenvalue weighted by Crippen LogP contribution is 2.26. The molecule has 0 bridgehead atoms. The molecule has 0 saturated carbocycles. The summed E-state index contributed by atoms with van der Waals surface area (Å²) in [4.78, 5) is 14.9. The number of fused-ring (bicyclic) bond motifs is 1. The summed E-state index contributed by atoms with van der Waals surface area (Å²) in [5, 5.41) is 3.36. The summed E-state index contributed by atoms with van der Waals surface area (Å²) >= 11 is 0. The Bertz CT molecular complexity index is 1000. The van der Waals surface area contributed by atoms with Crippen molar-refractivity contribution in [2.24, 2.45) is 0 Å². The zero-order valence-electron chi connectivity index (χ0n) is 17.5. The summed E-state index contributed by atoms with van der Waals surface area (Å²) in [6, 6.07) is 15.8. The maximum absolute atomic E-state index is 13.2. The molecule has 160 valence electrons. The van der Waals surface area contributed by atoms with Crippen LogP contribution in [0, 0.1) is 0 Å². The molecule has 0 radical (unpaired) electrons. The van der Waals surface area contributed by atoms with Crippen molar-refractivity contribution in [1.82, 2.24) is 5.32 Å². The first kappa shape index (κ1) is 21.1. The fourth-order valence-electron chi connectivity index (χ4n) is 4.59. The Morgan fingerprint density at radius 3 is 2.53 bits per heavy atom. The summed E-state index contributed by atoms with van der Waals surface area (Å²) in [5.74, 6) is 0.0921. The summed E-state index contributed by atoms with van der Waals surface area (Å²) in [5.41, 5.74) is 4.83. The van der Waals surface area contributed by atoms with Crippen LogP contribution in [-0.4, -0.2) is 38.4 Å². The van der Waals surface area contributed by atoms with E-state index in [9.17, 15) is 13.2 Å². The van der Waals surface area contributed by atoms with Crippen LogP contribution >= 0.6 is 0 Å². The highest BCUT2D eigenvalue weighted by molar-refractivity contribution is 7.91. The van der Waals surface area contributed by atoms with Crippen molar-refractivity contribution in [3.05, 3.63) is 65.2 Å². The van der Waals surface area contributed by atoms with Gasteiger partial charge in [0.25, 0.3) is 0 Å². The molecular weight excluding hydrogens is 396 g/mol. The number of hydrogen-bond acceptors (Lipinski definition) is 4. The second-order valence-corrected chi connectivity index (χ2v) is 10.7. The van der Waals surface area contributed by atoms with E-state index >= 15 is 0 Å². The van der Waals surface area contributed by atoms with Crippen LogP contribution in [-0.2, 0) is 27.5 Å². The smallest absolute Gasteiger partial charge is 0.241 e. The van der Waals surface area contributed by atoms with Gasteiger partial charge in [-0.15, -0.1) is 0 Å². The first-order chi connectivity index (χ1) is 14.4. The zero-order chi connectivity index (χ0) is 21.1. The number of carbonyl (C=O) groups is 1. The molecule has 1 saturated heterocycles. The fraction of sp³-hybridized carbons (Fsp3) is 0.458. The SMILES string of the molecule is C[C@H](NCC(=O)N(c1ccccc1)[C@H]1CCS(=O)(=O)C1)c1ccc2c(c1)CCCC2. The number of hydrogen-bond donors (Lipinski definition) is 1. The second-order valence-electron chi connectivity index (χ2n) is 8.49. The number of nitrogens with zero attached hydrogens (tertiary/aromatic N) is 1. The highest BCUT2D eigenvalue weighted by Gasteiger charge is 2.35. The third kappa shape index (κ3) is 4.76. The van der Waals surface area contributed by atoms with E-state index in [0.29, 0.717) is 6.42 Å². The molecule has 0 aromatic heterocycles. The van der Waals surface area contributed by atoms with E-state index in [4.69, 9.17) is 0 Å². The minimum Gasteiger partial charge on any atom is -0.307 e. The molecule has 1 fully saturated rings. The van der Waals surface area contributed by atoms with Crippen LogP contribution in [0.3, 0.4) is 0 Å². The number of benzene rings is 2. The van der Waals surface area contributed by atoms with E-state index in [1.165, 1.54) is 29.5 Å². The lowest BCUT2D eigenvalue weighted by molar-refractivity contribution is -0.118. The quantitative estimate of drug-likeness (QED) is 0.768. The minimum absolute atomic E-state index is 0.0357. The van der Waals surface area contributed by atoms with Gasteiger partial charge in [0.2, 0.25) is 5.91 Å². The highest BCUT2D eigenvalue weighted by atomic mass is 32.2. The molecule has 1 aliphatic heterocycles. The summed E-state index contributed by atoms with van der Waals surface area (Å²) in [7, 11) is -3.08. The maximum atomic E-state index is 13.2. The van der Waals surface area contributed by atoms with Crippen molar-refractivity contribution < 1.29 is 13.2 Å². The van der Waals surface area contributed by atoms with Crippen molar-refractivity contribution in [2.75, 3.05) is 23.0 Å². The molecule has 5 nitrogen and oxygen atoms in total. The van der Waals surface area contributed by atoms with Crippen LogP contribution in [0.4, 0.5) is 5.69 Å². The van der Waals surface area contributed by atoms with Crippen molar-refractivity contribution in [1.29, 1.82) is 0 Å². The van der Waals surface area contributed by atoms with Crippen molar-refractivity contribution in [2.45, 2.75) is 51.1 Å². The first-order valence-electron chi connectivity index (χ1n) is 10.9. The van der Waals surface area contributed by atoms with Gasteiger partial charge in [0.15, 0.2) is 9.84 Å². The summed E-state index contributed by atoms with van der Waals surface area (Å²) in [6.07, 6.45) is 5.29. The number of aryl methyl sites for hydroxylation is 2. The number of amides is 1. The van der Waals surface area contributed by atoms with Crippen molar-refractivity contribution in [3.8, 4) is 0 Å². The lowest BCUT2D eigenvalue weighted by Gasteiger charge is -2.29. The Labute approximate surface area is 179 Å². The average Bonchev–Trinajstić information content (AvgIpc) is 3.11. The lowest BCUT2D eigenvalue weighted by Crippen LogP contribution is -2.46. The largest absolute Gasteiger partial charge is 0.307 e. The van der Waals surface area contributed by atoms with Crippen LogP contribution in [0.2, 0.25) is 0 Å². The molecule has 4 rings (SSSR count). The molecule has 0 spiro atoms. The van der Waals surface area contributed by atoms with Crippen molar-refractivity contribution >= 4 is 21.4 Å². The van der Waals surface area contributed by atoms with Crippen LogP contribution in [0.5, 0.6) is 0 Å². The van der Waals surface area contributed by atoms with Gasteiger partial charge in [0, 0.05) is 11.7 Å². The van der Waals surface area contributed by atoms with Gasteiger partial charge < -0.3 is 10.2 Å². The molecule has 1 heterocycles. The van der Waals surface area contributed by atoms with Crippen LogP contribution in [0.1, 0.15) is 48.9 Å². The maximum Gasteiger partial charge on any atom is 0.241 e. The zero-order valence-corrected chi connectivity index (χ0v) is 18.3. The molecule has 0 unspecified atom stereocenters. The Morgan fingerprint density at radius 1 is 1.10 bits per heavy atom. The monoisotopic (exact) mass is 426 g/mol. The normalized spacial score (nSPS) is 21.0. The molecule has 6 heteroatoms. The Hall–Kier alpha value is -2.18. The predicted octanol–water partition coefficient (Wildman–Crippen LogP) is 3.44. The van der Waals surface area contributed by atoms with Crippen LogP contribution in [0.15, 0.2) is 48.5 Å². The predicted molar refractivity (Wildman–Crippen MR) is 120 cm³/mol. The van der Waals surface area contributed by atoms with Gasteiger partial charge in [-0.3, -0.25) is 4.79 Å². The van der Waals surface area contributed by atoms with E-state index in [-0.39, 0.29) is 36.0 Å². The third-order valence-electron chi connectivity index (χ3n) is 6.31. The Balaban J connectivity index is 1.46. The molecule has 2 aromatic rings. The number of para-hydroxylation sites is 1. The van der Waals surface area contributed by atoms with E-state index in [1.54, 1.807) is 4.90 Å². The van der Waals surface area contributed by atoms with Gasteiger partial charge in [-0.2, -0.15) is 0 Å². The molecule has 2 aromatic carbocycles. The summed E-state index contributed by atoms with van der Waals surface area (Å²) in [6.45, 7) is 2.24. The second kappa shape index (κ2) is 8.90. The van der Waals surface area contributed by atoms with E-state index in [1.807, 2.05) is 30.3 Å². The van der Waals surface area contributed by atoms with Gasteiger partial charge in [-0.25, -0.2) is 8.42 Å². The van der Waals surface area contributed by atoms with Crippen LogP contribution < -0.4 is 10.2 Å². The lowest BCUT2D eigenvalue weighted by atomic mass is 9.89. The number of anilines is 1. The van der Waals surface area contributed by atoms with Crippen LogP contribution in [0.25, 0.3) is 0 Å². The molecule has 30 heavy (non-hydrogen) atoms. The number of carbonyl (C=O) groups excluding carboxylic acids is 1. The van der Waals surface area contributed by atoms with Gasteiger partial charge >= 0.3 is 0 Å². The molecule has 1 amide bonds. The molecule has 2 atom stereocenters. The van der Waals surface area contributed by atoms with E-state index < -0.39 is 9.84 Å².